The summed E-state index contributed by atoms with van der Waals surface area (Å²) >= 11 is 0. The van der Waals surface area contributed by atoms with E-state index in [0.717, 1.165) is 23.2 Å². The summed E-state index contributed by atoms with van der Waals surface area (Å²) < 4.78 is 0. The van der Waals surface area contributed by atoms with E-state index in [1.165, 1.54) is 0 Å². The van der Waals surface area contributed by atoms with E-state index in [1.807, 2.05) is 31.2 Å². The van der Waals surface area contributed by atoms with E-state index in [1.54, 1.807) is 18.3 Å². The Kier molecular flexibility index (Phi) is 3.40. The highest BCUT2D eigenvalue weighted by Gasteiger charge is 2.08. The third-order valence-corrected chi connectivity index (χ3v) is 2.71. The van der Waals surface area contributed by atoms with Gasteiger partial charge < -0.3 is 10.8 Å². The molecule has 0 bridgehead atoms. The number of aromatic nitrogens is 1. The van der Waals surface area contributed by atoms with Crippen LogP contribution >= 0.6 is 0 Å². The van der Waals surface area contributed by atoms with Crippen molar-refractivity contribution in [2.24, 2.45) is 5.73 Å². The topological polar surface area (TPSA) is 59.1 Å². The van der Waals surface area contributed by atoms with Gasteiger partial charge in [-0.15, -0.1) is 0 Å². The molecule has 3 heteroatoms. The summed E-state index contributed by atoms with van der Waals surface area (Å²) in [5.41, 5.74) is 9.27. The van der Waals surface area contributed by atoms with Crippen LogP contribution in [0, 0.1) is 6.92 Å². The van der Waals surface area contributed by atoms with Crippen molar-refractivity contribution in [1.82, 2.24) is 4.98 Å². The Morgan fingerprint density at radius 1 is 1.24 bits per heavy atom. The first-order chi connectivity index (χ1) is 8.15. The number of hydrogen-bond donors (Lipinski definition) is 2. The largest absolute Gasteiger partial charge is 0.508 e. The maximum Gasteiger partial charge on any atom is 0.115 e. The molecular formula is C14H16N2O. The number of nitrogens with two attached hydrogens (primary N) is 1. The molecule has 17 heavy (non-hydrogen) atoms. The van der Waals surface area contributed by atoms with Crippen LogP contribution in [0.25, 0.3) is 0 Å². The molecule has 1 heterocycles. The third kappa shape index (κ3) is 3.04. The van der Waals surface area contributed by atoms with Crippen molar-refractivity contribution in [3.05, 3.63) is 59.4 Å². The molecule has 0 fully saturated rings. The minimum Gasteiger partial charge on any atom is -0.508 e. The fraction of sp³-hybridized carbons (Fsp3) is 0.214. The number of phenols is 1. The second kappa shape index (κ2) is 4.97. The van der Waals surface area contributed by atoms with Gasteiger partial charge in [0.15, 0.2) is 0 Å². The van der Waals surface area contributed by atoms with E-state index in [9.17, 15) is 5.11 Å². The number of aryl methyl sites for hydroxylation is 1. The lowest BCUT2D eigenvalue weighted by atomic mass is 10.0. The lowest BCUT2D eigenvalue weighted by molar-refractivity contribution is 0.475. The van der Waals surface area contributed by atoms with Crippen molar-refractivity contribution < 1.29 is 5.11 Å². The Bertz CT molecular complexity index is 494. The predicted molar refractivity (Wildman–Crippen MR) is 67.7 cm³/mol. The summed E-state index contributed by atoms with van der Waals surface area (Å²) in [6, 6.07) is 11.0. The smallest absolute Gasteiger partial charge is 0.115 e. The first-order valence-electron chi connectivity index (χ1n) is 5.61. The zero-order valence-corrected chi connectivity index (χ0v) is 9.80. The van der Waals surface area contributed by atoms with Crippen molar-refractivity contribution in [1.29, 1.82) is 0 Å². The average molecular weight is 228 g/mol. The summed E-state index contributed by atoms with van der Waals surface area (Å²) in [7, 11) is 0. The Balaban J connectivity index is 2.11. The number of phenolic OH excluding ortho intramolecular Hbond substituents is 1. The van der Waals surface area contributed by atoms with Crippen LogP contribution in [-0.2, 0) is 6.42 Å². The molecule has 0 aliphatic rings. The lowest BCUT2D eigenvalue weighted by Crippen LogP contribution is -2.14. The maximum absolute atomic E-state index is 9.20. The van der Waals surface area contributed by atoms with Crippen LogP contribution in [-0.4, -0.2) is 10.1 Å². The first kappa shape index (κ1) is 11.6. The maximum atomic E-state index is 9.20. The number of pyridine rings is 1. The van der Waals surface area contributed by atoms with Gasteiger partial charge in [0.1, 0.15) is 5.75 Å². The van der Waals surface area contributed by atoms with E-state index in [4.69, 9.17) is 5.73 Å². The van der Waals surface area contributed by atoms with Crippen LogP contribution in [0.15, 0.2) is 42.6 Å². The van der Waals surface area contributed by atoms with Gasteiger partial charge in [-0.1, -0.05) is 12.1 Å². The lowest BCUT2D eigenvalue weighted by Gasteiger charge is -2.11. The van der Waals surface area contributed by atoms with Crippen LogP contribution < -0.4 is 5.73 Å². The summed E-state index contributed by atoms with van der Waals surface area (Å²) in [4.78, 5) is 4.28. The van der Waals surface area contributed by atoms with E-state index in [-0.39, 0.29) is 11.8 Å². The zero-order chi connectivity index (χ0) is 12.3. The number of aromatic hydroxyl groups is 1. The molecule has 1 aromatic heterocycles. The van der Waals surface area contributed by atoms with Crippen LogP contribution in [0.2, 0.25) is 0 Å². The minimum absolute atomic E-state index is 0.112. The van der Waals surface area contributed by atoms with Gasteiger partial charge in [0, 0.05) is 6.20 Å². The fourth-order valence-electron chi connectivity index (χ4n) is 1.75. The minimum atomic E-state index is -0.112. The number of nitrogens with zero attached hydrogens (tertiary/aromatic N) is 1. The Morgan fingerprint density at radius 2 is 1.94 bits per heavy atom. The number of hydrogen-bond acceptors (Lipinski definition) is 3. The summed E-state index contributed by atoms with van der Waals surface area (Å²) in [5, 5.41) is 9.20. The average Bonchev–Trinajstić information content (AvgIpc) is 2.32. The molecule has 0 amide bonds. The standard InChI is InChI=1S/C14H16N2O/c1-10-6-7-16-14(8-10)13(15)9-11-2-4-12(17)5-3-11/h2-8,13,17H,9,15H2,1H3. The molecule has 88 valence electrons. The molecule has 2 aromatic rings. The van der Waals surface area contributed by atoms with E-state index in [0.29, 0.717) is 0 Å². The van der Waals surface area contributed by atoms with Gasteiger partial charge in [-0.2, -0.15) is 0 Å². The Labute approximate surface area is 101 Å². The second-order valence-corrected chi connectivity index (χ2v) is 4.24. The molecule has 3 nitrogen and oxygen atoms in total. The van der Waals surface area contributed by atoms with Gasteiger partial charge in [0.2, 0.25) is 0 Å². The van der Waals surface area contributed by atoms with E-state index >= 15 is 0 Å². The monoisotopic (exact) mass is 228 g/mol. The number of rotatable bonds is 3. The molecule has 3 N–H and O–H groups in total. The number of benzene rings is 1. The van der Waals surface area contributed by atoms with Gasteiger partial charge in [0.25, 0.3) is 0 Å². The Hall–Kier alpha value is -1.87. The van der Waals surface area contributed by atoms with Crippen LogP contribution in [0.5, 0.6) is 5.75 Å². The van der Waals surface area contributed by atoms with E-state index < -0.39 is 0 Å². The third-order valence-electron chi connectivity index (χ3n) is 2.71. The molecule has 0 saturated carbocycles. The van der Waals surface area contributed by atoms with Crippen molar-refractivity contribution in [2.75, 3.05) is 0 Å². The molecule has 2 rings (SSSR count). The molecule has 0 aliphatic carbocycles. The molecule has 0 aliphatic heterocycles. The zero-order valence-electron chi connectivity index (χ0n) is 9.80. The Morgan fingerprint density at radius 3 is 2.59 bits per heavy atom. The molecular weight excluding hydrogens is 212 g/mol. The normalized spacial score (nSPS) is 12.4. The summed E-state index contributed by atoms with van der Waals surface area (Å²) in [6.07, 6.45) is 2.50. The molecule has 0 spiro atoms. The van der Waals surface area contributed by atoms with E-state index in [2.05, 4.69) is 4.98 Å². The predicted octanol–water partition coefficient (Wildman–Crippen LogP) is 2.34. The van der Waals surface area contributed by atoms with Crippen molar-refractivity contribution in [2.45, 2.75) is 19.4 Å². The molecule has 1 aromatic carbocycles. The summed E-state index contributed by atoms with van der Waals surface area (Å²) in [6.45, 7) is 2.03. The van der Waals surface area contributed by atoms with Gasteiger partial charge in [0.05, 0.1) is 11.7 Å². The summed E-state index contributed by atoms with van der Waals surface area (Å²) in [5.74, 6) is 0.274. The molecule has 1 unspecified atom stereocenters. The van der Waals surface area contributed by atoms with Crippen LogP contribution in [0.4, 0.5) is 0 Å². The van der Waals surface area contributed by atoms with Crippen LogP contribution in [0.1, 0.15) is 22.9 Å². The highest BCUT2D eigenvalue weighted by Crippen LogP contribution is 2.17. The van der Waals surface area contributed by atoms with Gasteiger partial charge in [-0.25, -0.2) is 0 Å². The second-order valence-electron chi connectivity index (χ2n) is 4.24. The van der Waals surface area contributed by atoms with Crippen LogP contribution in [0.3, 0.4) is 0 Å². The fourth-order valence-corrected chi connectivity index (χ4v) is 1.75. The highest BCUT2D eigenvalue weighted by molar-refractivity contribution is 5.27. The van der Waals surface area contributed by atoms with Gasteiger partial charge >= 0.3 is 0 Å². The molecule has 0 saturated heterocycles. The van der Waals surface area contributed by atoms with Gasteiger partial charge in [-0.3, -0.25) is 4.98 Å². The van der Waals surface area contributed by atoms with Crippen molar-refractivity contribution >= 4 is 0 Å². The van der Waals surface area contributed by atoms with Crippen molar-refractivity contribution in [3.63, 3.8) is 0 Å². The van der Waals surface area contributed by atoms with Gasteiger partial charge in [-0.05, 0) is 48.7 Å². The van der Waals surface area contributed by atoms with Crippen molar-refractivity contribution in [3.8, 4) is 5.75 Å². The SMILES string of the molecule is Cc1ccnc(C(N)Cc2ccc(O)cc2)c1. The highest BCUT2D eigenvalue weighted by atomic mass is 16.3. The molecule has 0 radical (unpaired) electrons. The first-order valence-corrected chi connectivity index (χ1v) is 5.61. The molecule has 1 atom stereocenters. The quantitative estimate of drug-likeness (QED) is 0.847.